The van der Waals surface area contributed by atoms with Crippen molar-refractivity contribution in [3.8, 4) is 11.1 Å². The number of hydrogen-bond acceptors (Lipinski definition) is 2. The quantitative estimate of drug-likeness (QED) is 0.439. The average Bonchev–Trinajstić information content (AvgIpc) is 3.34. The zero-order valence-electron chi connectivity index (χ0n) is 17.3. The van der Waals surface area contributed by atoms with Crippen molar-refractivity contribution in [3.63, 3.8) is 0 Å². The molecule has 0 radical (unpaired) electrons. The molecule has 31 heavy (non-hydrogen) atoms. The van der Waals surface area contributed by atoms with Crippen molar-refractivity contribution >= 4 is 22.5 Å². The number of aromatic amines is 1. The molecule has 0 spiro atoms. The van der Waals surface area contributed by atoms with E-state index in [1.807, 2.05) is 26.0 Å². The minimum absolute atomic E-state index is 0.171. The van der Waals surface area contributed by atoms with E-state index in [0.717, 1.165) is 35.0 Å². The predicted molar refractivity (Wildman–Crippen MR) is 114 cm³/mol. The minimum atomic E-state index is -4.40. The number of anilines is 1. The molecule has 0 aliphatic rings. The van der Waals surface area contributed by atoms with Crippen molar-refractivity contribution in [2.75, 3.05) is 5.32 Å². The first-order valence-corrected chi connectivity index (χ1v) is 9.80. The number of H-pyrrole nitrogens is 1. The molecule has 0 saturated carbocycles. The van der Waals surface area contributed by atoms with Crippen LogP contribution in [-0.4, -0.2) is 20.7 Å². The van der Waals surface area contributed by atoms with Gasteiger partial charge < -0.3 is 9.88 Å². The Hall–Kier alpha value is -3.55. The molecule has 0 atom stereocenters. The van der Waals surface area contributed by atoms with Gasteiger partial charge in [0.15, 0.2) is 5.69 Å². The van der Waals surface area contributed by atoms with Crippen LogP contribution in [0, 0.1) is 6.92 Å². The van der Waals surface area contributed by atoms with E-state index in [0.29, 0.717) is 16.9 Å². The zero-order chi connectivity index (χ0) is 22.3. The number of benzene rings is 2. The Morgan fingerprint density at radius 2 is 1.84 bits per heavy atom. The van der Waals surface area contributed by atoms with Crippen LogP contribution in [0.5, 0.6) is 0 Å². The van der Waals surface area contributed by atoms with E-state index >= 15 is 0 Å². The van der Waals surface area contributed by atoms with E-state index in [-0.39, 0.29) is 11.3 Å². The van der Waals surface area contributed by atoms with Crippen molar-refractivity contribution in [1.29, 1.82) is 0 Å². The van der Waals surface area contributed by atoms with Gasteiger partial charge in [-0.3, -0.25) is 9.89 Å². The molecule has 8 heteroatoms. The highest BCUT2D eigenvalue weighted by atomic mass is 19.4. The lowest BCUT2D eigenvalue weighted by Crippen LogP contribution is -2.13. The number of amides is 1. The minimum Gasteiger partial charge on any atom is -0.350 e. The molecule has 2 heterocycles. The summed E-state index contributed by atoms with van der Waals surface area (Å²) in [5.74, 6) is -0.309. The molecular formula is C23H21F3N4O. The molecule has 0 bridgehead atoms. The second kappa shape index (κ2) is 7.61. The van der Waals surface area contributed by atoms with Gasteiger partial charge in [0.1, 0.15) is 0 Å². The predicted octanol–water partition coefficient (Wildman–Crippen LogP) is 5.71. The number of fused-ring (bicyclic) bond motifs is 1. The Balaban J connectivity index is 1.62. The van der Waals surface area contributed by atoms with Gasteiger partial charge in [0.25, 0.3) is 5.91 Å². The molecular weight excluding hydrogens is 405 g/mol. The van der Waals surface area contributed by atoms with Crippen LogP contribution < -0.4 is 5.32 Å². The van der Waals surface area contributed by atoms with Crippen molar-refractivity contribution in [2.24, 2.45) is 7.05 Å². The lowest BCUT2D eigenvalue weighted by Gasteiger charge is -2.10. The summed E-state index contributed by atoms with van der Waals surface area (Å²) in [5, 5.41) is 9.85. The Morgan fingerprint density at radius 3 is 2.48 bits per heavy atom. The third-order valence-electron chi connectivity index (χ3n) is 5.35. The summed E-state index contributed by atoms with van der Waals surface area (Å²) in [6.07, 6.45) is -2.54. The van der Waals surface area contributed by atoms with Crippen LogP contribution >= 0.6 is 0 Å². The van der Waals surface area contributed by atoms with Crippen LogP contribution in [-0.2, 0) is 19.6 Å². The molecule has 1 amide bonds. The molecule has 0 unspecified atom stereocenters. The lowest BCUT2D eigenvalue weighted by molar-refractivity contribution is -0.136. The highest BCUT2D eigenvalue weighted by Crippen LogP contribution is 2.37. The normalized spacial score (nSPS) is 11.8. The van der Waals surface area contributed by atoms with Gasteiger partial charge in [-0.25, -0.2) is 0 Å². The fourth-order valence-electron chi connectivity index (χ4n) is 3.62. The number of carbonyl (C=O) groups is 1. The molecule has 160 valence electrons. The molecule has 4 rings (SSSR count). The Kier molecular flexibility index (Phi) is 5.08. The molecule has 2 aromatic heterocycles. The van der Waals surface area contributed by atoms with Gasteiger partial charge in [-0.15, -0.1) is 0 Å². The largest absolute Gasteiger partial charge is 0.418 e. The van der Waals surface area contributed by atoms with Crippen LogP contribution in [0.3, 0.4) is 0 Å². The lowest BCUT2D eigenvalue weighted by atomic mass is 10.0. The summed E-state index contributed by atoms with van der Waals surface area (Å²) >= 11 is 0. The number of nitrogens with one attached hydrogen (secondary N) is 2. The molecule has 4 aromatic rings. The standard InChI is InChI=1S/C23H21F3N4O/c1-4-16-11-20(29-28-16)22(31)27-19-8-6-14(9-13(19)2)15-5-7-17-18(23(24,25)26)12-30(3)21(17)10-15/h5-12H,4H2,1-3H3,(H,27,31)(H,28,29). The van der Waals surface area contributed by atoms with E-state index in [2.05, 4.69) is 15.5 Å². The summed E-state index contributed by atoms with van der Waals surface area (Å²) in [4.78, 5) is 12.4. The number of aromatic nitrogens is 3. The van der Waals surface area contributed by atoms with Crippen LogP contribution in [0.2, 0.25) is 0 Å². The highest BCUT2D eigenvalue weighted by molar-refractivity contribution is 6.03. The number of rotatable bonds is 4. The fourth-order valence-corrected chi connectivity index (χ4v) is 3.62. The van der Waals surface area contributed by atoms with Crippen LogP contribution in [0.4, 0.5) is 18.9 Å². The van der Waals surface area contributed by atoms with Gasteiger partial charge in [-0.2, -0.15) is 18.3 Å². The smallest absolute Gasteiger partial charge is 0.350 e. The number of halogens is 3. The summed E-state index contributed by atoms with van der Waals surface area (Å²) in [7, 11) is 1.60. The Morgan fingerprint density at radius 1 is 1.13 bits per heavy atom. The highest BCUT2D eigenvalue weighted by Gasteiger charge is 2.34. The number of aryl methyl sites for hydroxylation is 3. The molecule has 5 nitrogen and oxygen atoms in total. The molecule has 0 aliphatic carbocycles. The van der Waals surface area contributed by atoms with Gasteiger partial charge >= 0.3 is 6.18 Å². The monoisotopic (exact) mass is 426 g/mol. The molecule has 2 N–H and O–H groups in total. The van der Waals surface area contributed by atoms with Gasteiger partial charge in [-0.1, -0.05) is 25.1 Å². The molecule has 2 aromatic carbocycles. The van der Waals surface area contributed by atoms with Crippen LogP contribution in [0.25, 0.3) is 22.0 Å². The summed E-state index contributed by atoms with van der Waals surface area (Å²) < 4.78 is 41.2. The topological polar surface area (TPSA) is 62.7 Å². The van der Waals surface area contributed by atoms with Gasteiger partial charge in [0, 0.05) is 35.5 Å². The number of carbonyl (C=O) groups excluding carboxylic acids is 1. The summed E-state index contributed by atoms with van der Waals surface area (Å²) in [6.45, 7) is 3.83. The first-order chi connectivity index (χ1) is 14.7. The summed E-state index contributed by atoms with van der Waals surface area (Å²) in [6, 6.07) is 12.1. The SMILES string of the molecule is CCc1cc(C(=O)Nc2ccc(-c3ccc4c(C(F)(F)F)cn(C)c4c3)cc2C)n[nH]1. The van der Waals surface area contributed by atoms with E-state index in [9.17, 15) is 18.0 Å². The van der Waals surface area contributed by atoms with Gasteiger partial charge in [-0.05, 0) is 54.3 Å². The number of hydrogen-bond donors (Lipinski definition) is 2. The second-order valence-electron chi connectivity index (χ2n) is 7.50. The molecule has 0 aliphatic heterocycles. The number of alkyl halides is 3. The second-order valence-corrected chi connectivity index (χ2v) is 7.50. The zero-order valence-corrected chi connectivity index (χ0v) is 17.3. The average molecular weight is 426 g/mol. The van der Waals surface area contributed by atoms with E-state index in [1.54, 1.807) is 31.3 Å². The van der Waals surface area contributed by atoms with Crippen molar-refractivity contribution in [3.05, 3.63) is 71.2 Å². The van der Waals surface area contributed by atoms with Gasteiger partial charge in [0.2, 0.25) is 0 Å². The third-order valence-corrected chi connectivity index (χ3v) is 5.35. The maximum absolute atomic E-state index is 13.2. The maximum Gasteiger partial charge on any atom is 0.418 e. The van der Waals surface area contributed by atoms with E-state index in [4.69, 9.17) is 0 Å². The maximum atomic E-state index is 13.2. The number of nitrogens with zero attached hydrogens (tertiary/aromatic N) is 2. The summed E-state index contributed by atoms with van der Waals surface area (Å²) in [5.41, 5.74) is 4.18. The van der Waals surface area contributed by atoms with Crippen LogP contribution in [0.15, 0.2) is 48.7 Å². The first-order valence-electron chi connectivity index (χ1n) is 9.80. The van der Waals surface area contributed by atoms with Crippen LogP contribution in [0.1, 0.15) is 34.2 Å². The van der Waals surface area contributed by atoms with Crippen molar-refractivity contribution in [1.82, 2.24) is 14.8 Å². The Bertz CT molecular complexity index is 1280. The van der Waals surface area contributed by atoms with Crippen molar-refractivity contribution < 1.29 is 18.0 Å². The molecule has 0 saturated heterocycles. The Labute approximate surface area is 176 Å². The fraction of sp³-hybridized carbons (Fsp3) is 0.217. The van der Waals surface area contributed by atoms with E-state index < -0.39 is 11.7 Å². The molecule has 0 fully saturated rings. The van der Waals surface area contributed by atoms with E-state index in [1.165, 1.54) is 10.6 Å². The third kappa shape index (κ3) is 3.93. The first kappa shape index (κ1) is 20.7. The van der Waals surface area contributed by atoms with Crippen molar-refractivity contribution in [2.45, 2.75) is 26.4 Å². The van der Waals surface area contributed by atoms with Gasteiger partial charge in [0.05, 0.1) is 5.56 Å².